The van der Waals surface area contributed by atoms with Crippen molar-refractivity contribution in [3.63, 3.8) is 0 Å². The third kappa shape index (κ3) is 1.66. The Balaban J connectivity index is 2.26. The van der Waals surface area contributed by atoms with Crippen LogP contribution in [0.15, 0.2) is 24.4 Å². The largest absolute Gasteiger partial charge is 0.454 e. The fraction of sp³-hybridized carbons (Fsp3) is 0.111. The van der Waals surface area contributed by atoms with Crippen LogP contribution in [-0.4, -0.2) is 11.7 Å². The minimum absolute atomic E-state index is 0.232. The predicted molar refractivity (Wildman–Crippen MR) is 48.6 cm³/mol. The van der Waals surface area contributed by atoms with Gasteiger partial charge in [0.05, 0.1) is 4.92 Å². The van der Waals surface area contributed by atoms with E-state index in [-0.39, 0.29) is 11.5 Å². The van der Waals surface area contributed by atoms with Crippen molar-refractivity contribution in [2.45, 2.75) is 0 Å². The standard InChI is InChI=1S/C9H7NO4/c11-10(12)4-3-7-1-2-8-9(5-7)14-6-13-8/h1-5H,6H2/i6D2. The van der Waals surface area contributed by atoms with Crippen LogP contribution in [0, 0.1) is 10.1 Å². The Kier molecular flexibility index (Phi) is 1.55. The molecule has 0 radical (unpaired) electrons. The molecule has 1 aromatic rings. The molecule has 1 aliphatic rings. The number of hydrogen-bond donors (Lipinski definition) is 0. The van der Waals surface area contributed by atoms with E-state index in [9.17, 15) is 10.1 Å². The smallest absolute Gasteiger partial charge is 0.235 e. The van der Waals surface area contributed by atoms with Crippen LogP contribution in [0.25, 0.3) is 6.08 Å². The fourth-order valence-electron chi connectivity index (χ4n) is 1.05. The maximum Gasteiger partial charge on any atom is 0.235 e. The summed E-state index contributed by atoms with van der Waals surface area (Å²) >= 11 is 0. The van der Waals surface area contributed by atoms with E-state index in [1.54, 1.807) is 6.07 Å². The van der Waals surface area contributed by atoms with E-state index in [2.05, 4.69) is 0 Å². The summed E-state index contributed by atoms with van der Waals surface area (Å²) in [5.41, 5.74) is 0.539. The first-order valence-corrected chi connectivity index (χ1v) is 3.80. The molecule has 0 amide bonds. The van der Waals surface area contributed by atoms with Crippen molar-refractivity contribution >= 4 is 6.08 Å². The van der Waals surface area contributed by atoms with Gasteiger partial charge in [0.15, 0.2) is 11.5 Å². The first kappa shape index (κ1) is 6.42. The topological polar surface area (TPSA) is 61.6 Å². The minimum Gasteiger partial charge on any atom is -0.454 e. The van der Waals surface area contributed by atoms with Crippen molar-refractivity contribution in [3.05, 3.63) is 40.1 Å². The number of ether oxygens (including phenoxy) is 2. The molecule has 0 fully saturated rings. The van der Waals surface area contributed by atoms with E-state index in [0.717, 1.165) is 6.20 Å². The number of fused-ring (bicyclic) bond motifs is 1. The predicted octanol–water partition coefficient (Wildman–Crippen LogP) is 1.66. The summed E-state index contributed by atoms with van der Waals surface area (Å²) in [6.45, 7) is -2.17. The summed E-state index contributed by atoms with van der Waals surface area (Å²) in [5, 5.41) is 10.1. The molecule has 0 spiro atoms. The van der Waals surface area contributed by atoms with Gasteiger partial charge in [0.25, 0.3) is 0 Å². The zero-order valence-electron chi connectivity index (χ0n) is 8.97. The second kappa shape index (κ2) is 3.37. The molecule has 5 heteroatoms. The van der Waals surface area contributed by atoms with E-state index >= 15 is 0 Å². The van der Waals surface area contributed by atoms with Crippen LogP contribution in [0.5, 0.6) is 11.5 Å². The number of nitrogens with zero attached hydrogens (tertiary/aromatic N) is 1. The zero-order chi connectivity index (χ0) is 11.8. The molecule has 0 saturated carbocycles. The summed E-state index contributed by atoms with van der Waals surface area (Å²) in [4.78, 5) is 9.53. The van der Waals surface area contributed by atoms with Crippen molar-refractivity contribution < 1.29 is 17.1 Å². The molecule has 0 aromatic heterocycles. The maximum absolute atomic E-state index is 10.1. The first-order chi connectivity index (χ1) is 7.46. The lowest BCUT2D eigenvalue weighted by atomic mass is 10.2. The van der Waals surface area contributed by atoms with Crippen LogP contribution in [0.4, 0.5) is 0 Å². The minimum atomic E-state index is -2.17. The SMILES string of the molecule is [2H]C1([2H])Oc2ccc(C=C[N+](=O)[O-])cc2O1. The summed E-state index contributed by atoms with van der Waals surface area (Å²) in [6.07, 6.45) is 2.09. The molecule has 0 N–H and O–H groups in total. The average Bonchev–Trinajstić information content (AvgIpc) is 2.47. The summed E-state index contributed by atoms with van der Waals surface area (Å²) in [5.74, 6) is 0.513. The van der Waals surface area contributed by atoms with Gasteiger partial charge in [-0.05, 0) is 17.7 Å². The Morgan fingerprint density at radius 3 is 3.07 bits per heavy atom. The molecule has 14 heavy (non-hydrogen) atoms. The van der Waals surface area contributed by atoms with Crippen molar-refractivity contribution in [1.29, 1.82) is 0 Å². The number of nitro groups is 1. The Bertz CT molecular complexity index is 473. The Hall–Kier alpha value is -2.04. The Morgan fingerprint density at radius 1 is 1.50 bits per heavy atom. The van der Waals surface area contributed by atoms with Crippen LogP contribution < -0.4 is 9.47 Å². The van der Waals surface area contributed by atoms with Crippen LogP contribution in [0.2, 0.25) is 0 Å². The van der Waals surface area contributed by atoms with Crippen molar-refractivity contribution in [1.82, 2.24) is 0 Å². The maximum atomic E-state index is 10.1. The van der Waals surface area contributed by atoms with Gasteiger partial charge < -0.3 is 9.47 Å². The third-order valence-corrected chi connectivity index (χ3v) is 1.66. The third-order valence-electron chi connectivity index (χ3n) is 1.66. The quantitative estimate of drug-likeness (QED) is 0.531. The van der Waals surface area contributed by atoms with Gasteiger partial charge in [0.2, 0.25) is 12.9 Å². The highest BCUT2D eigenvalue weighted by Gasteiger charge is 2.12. The molecule has 0 aliphatic carbocycles. The highest BCUT2D eigenvalue weighted by molar-refractivity contribution is 5.55. The molecule has 0 saturated heterocycles. The van der Waals surface area contributed by atoms with E-state index in [1.807, 2.05) is 0 Å². The van der Waals surface area contributed by atoms with Gasteiger partial charge in [-0.2, -0.15) is 0 Å². The summed E-state index contributed by atoms with van der Waals surface area (Å²) in [6, 6.07) is 4.55. The molecule has 1 heterocycles. The Labute approximate surface area is 82.5 Å². The van der Waals surface area contributed by atoms with Gasteiger partial charge in [0.1, 0.15) is 2.74 Å². The molecule has 1 aliphatic heterocycles. The molecule has 0 bridgehead atoms. The first-order valence-electron chi connectivity index (χ1n) is 4.80. The van der Waals surface area contributed by atoms with Crippen LogP contribution in [0.1, 0.15) is 8.30 Å². The zero-order valence-corrected chi connectivity index (χ0v) is 6.97. The molecule has 2 rings (SSSR count). The molecule has 5 nitrogen and oxygen atoms in total. The van der Waals surface area contributed by atoms with Gasteiger partial charge in [-0.15, -0.1) is 0 Å². The molecule has 0 atom stereocenters. The highest BCUT2D eigenvalue weighted by atomic mass is 16.7. The van der Waals surface area contributed by atoms with Gasteiger partial charge in [-0.25, -0.2) is 0 Å². The van der Waals surface area contributed by atoms with Crippen LogP contribution in [0.3, 0.4) is 0 Å². The summed E-state index contributed by atoms with van der Waals surface area (Å²) in [7, 11) is 0. The molecule has 0 unspecified atom stereocenters. The Morgan fingerprint density at radius 2 is 2.29 bits per heavy atom. The van der Waals surface area contributed by atoms with Crippen LogP contribution >= 0.6 is 0 Å². The highest BCUT2D eigenvalue weighted by Crippen LogP contribution is 2.32. The van der Waals surface area contributed by atoms with Crippen LogP contribution in [-0.2, 0) is 0 Å². The number of hydrogen-bond acceptors (Lipinski definition) is 4. The average molecular weight is 195 g/mol. The summed E-state index contributed by atoms with van der Waals surface area (Å²) < 4.78 is 24.1. The van der Waals surface area contributed by atoms with Gasteiger partial charge in [0, 0.05) is 6.08 Å². The lowest BCUT2D eigenvalue weighted by Crippen LogP contribution is -1.92. The van der Waals surface area contributed by atoms with E-state index in [4.69, 9.17) is 12.2 Å². The monoisotopic (exact) mass is 195 g/mol. The number of rotatable bonds is 2. The number of benzene rings is 1. The molecular weight excluding hydrogens is 186 g/mol. The van der Waals surface area contributed by atoms with Gasteiger partial charge in [-0.1, -0.05) is 6.07 Å². The normalized spacial score (nSPS) is 19.1. The van der Waals surface area contributed by atoms with Crippen molar-refractivity contribution in [3.8, 4) is 11.5 Å². The molecular formula is C9H7NO4. The molecule has 72 valence electrons. The van der Waals surface area contributed by atoms with Crippen molar-refractivity contribution in [2.75, 3.05) is 6.75 Å². The van der Waals surface area contributed by atoms with Crippen molar-refractivity contribution in [2.24, 2.45) is 0 Å². The second-order valence-corrected chi connectivity index (χ2v) is 2.59. The lowest BCUT2D eigenvalue weighted by Gasteiger charge is -1.95. The van der Waals surface area contributed by atoms with Gasteiger partial charge in [-0.3, -0.25) is 10.1 Å². The molecule has 1 aromatic carbocycles. The van der Waals surface area contributed by atoms with E-state index < -0.39 is 11.7 Å². The fourth-order valence-corrected chi connectivity index (χ4v) is 1.05. The van der Waals surface area contributed by atoms with E-state index in [0.29, 0.717) is 5.56 Å². The van der Waals surface area contributed by atoms with Gasteiger partial charge >= 0.3 is 0 Å². The van der Waals surface area contributed by atoms with E-state index in [1.165, 1.54) is 18.2 Å². The lowest BCUT2D eigenvalue weighted by molar-refractivity contribution is -0.400. The second-order valence-electron chi connectivity index (χ2n) is 2.59.